The van der Waals surface area contributed by atoms with Crippen molar-refractivity contribution in [3.05, 3.63) is 23.8 Å². The molecule has 1 aromatic rings. The SMILES string of the molecule is CNS(=O)(=O)c1cc(C(=O)NC(C)(C)C)ccc1OC. The predicted molar refractivity (Wildman–Crippen MR) is 76.5 cm³/mol. The van der Waals surface area contributed by atoms with Gasteiger partial charge < -0.3 is 10.1 Å². The van der Waals surface area contributed by atoms with E-state index in [0.29, 0.717) is 0 Å². The number of hydrogen-bond donors (Lipinski definition) is 2. The molecule has 0 aliphatic carbocycles. The Morgan fingerprint density at radius 2 is 1.85 bits per heavy atom. The van der Waals surface area contributed by atoms with Crippen LogP contribution in [0.1, 0.15) is 31.1 Å². The summed E-state index contributed by atoms with van der Waals surface area (Å²) >= 11 is 0. The van der Waals surface area contributed by atoms with E-state index in [1.165, 1.54) is 32.4 Å². The summed E-state index contributed by atoms with van der Waals surface area (Å²) in [6, 6.07) is 4.28. The maximum absolute atomic E-state index is 12.1. The van der Waals surface area contributed by atoms with Crippen LogP contribution in [0.5, 0.6) is 5.75 Å². The van der Waals surface area contributed by atoms with Crippen molar-refractivity contribution >= 4 is 15.9 Å². The van der Waals surface area contributed by atoms with Gasteiger partial charge in [0.05, 0.1) is 7.11 Å². The predicted octanol–water partition coefficient (Wildman–Crippen LogP) is 1.13. The summed E-state index contributed by atoms with van der Waals surface area (Å²) < 4.78 is 31.1. The molecule has 6 nitrogen and oxygen atoms in total. The number of methoxy groups -OCH3 is 1. The molecule has 0 heterocycles. The van der Waals surface area contributed by atoms with E-state index in [1.54, 1.807) is 0 Å². The second kappa shape index (κ2) is 5.80. The van der Waals surface area contributed by atoms with Crippen LogP contribution in [-0.4, -0.2) is 34.0 Å². The molecule has 1 aromatic carbocycles. The number of sulfonamides is 1. The first-order chi connectivity index (χ1) is 9.10. The first-order valence-electron chi connectivity index (χ1n) is 6.05. The molecule has 0 aliphatic rings. The number of hydrogen-bond acceptors (Lipinski definition) is 4. The number of carbonyl (C=O) groups excluding carboxylic acids is 1. The standard InChI is InChI=1S/C13H20N2O4S/c1-13(2,3)15-12(16)9-6-7-10(19-5)11(8-9)20(17,18)14-4/h6-8,14H,1-5H3,(H,15,16). The maximum Gasteiger partial charge on any atom is 0.251 e. The number of benzene rings is 1. The van der Waals surface area contributed by atoms with Crippen molar-refractivity contribution in [3.8, 4) is 5.75 Å². The summed E-state index contributed by atoms with van der Waals surface area (Å²) in [6.07, 6.45) is 0. The molecule has 7 heteroatoms. The molecule has 0 fully saturated rings. The zero-order valence-corrected chi connectivity index (χ0v) is 13.1. The number of carbonyl (C=O) groups is 1. The number of amides is 1. The van der Waals surface area contributed by atoms with E-state index in [9.17, 15) is 13.2 Å². The molecule has 20 heavy (non-hydrogen) atoms. The Hall–Kier alpha value is -1.60. The molecule has 0 spiro atoms. The highest BCUT2D eigenvalue weighted by molar-refractivity contribution is 7.89. The van der Waals surface area contributed by atoms with E-state index in [1.807, 2.05) is 20.8 Å². The van der Waals surface area contributed by atoms with Crippen molar-refractivity contribution in [2.24, 2.45) is 0 Å². The Bertz CT molecular complexity index is 603. The second-order valence-corrected chi connectivity index (χ2v) is 7.13. The lowest BCUT2D eigenvalue weighted by molar-refractivity contribution is 0.0919. The van der Waals surface area contributed by atoms with E-state index < -0.39 is 15.6 Å². The first kappa shape index (κ1) is 16.5. The number of rotatable bonds is 4. The molecule has 0 radical (unpaired) electrons. The summed E-state index contributed by atoms with van der Waals surface area (Å²) in [5.41, 5.74) is -0.145. The average Bonchev–Trinajstić information content (AvgIpc) is 2.36. The van der Waals surface area contributed by atoms with Gasteiger partial charge in [0.15, 0.2) is 0 Å². The van der Waals surface area contributed by atoms with Gasteiger partial charge in [0, 0.05) is 11.1 Å². The lowest BCUT2D eigenvalue weighted by atomic mass is 10.1. The van der Waals surface area contributed by atoms with Crippen molar-refractivity contribution in [2.45, 2.75) is 31.2 Å². The smallest absolute Gasteiger partial charge is 0.251 e. The summed E-state index contributed by atoms with van der Waals surface area (Å²) in [6.45, 7) is 5.54. The second-order valence-electron chi connectivity index (χ2n) is 5.28. The van der Waals surface area contributed by atoms with Gasteiger partial charge in [-0.2, -0.15) is 0 Å². The van der Waals surface area contributed by atoms with Crippen molar-refractivity contribution in [3.63, 3.8) is 0 Å². The van der Waals surface area contributed by atoms with E-state index in [4.69, 9.17) is 4.74 Å². The van der Waals surface area contributed by atoms with Gasteiger partial charge in [-0.25, -0.2) is 13.1 Å². The summed E-state index contributed by atoms with van der Waals surface area (Å²) in [5.74, 6) is -0.153. The summed E-state index contributed by atoms with van der Waals surface area (Å²) in [4.78, 5) is 12.0. The van der Waals surface area contributed by atoms with Gasteiger partial charge in [0.25, 0.3) is 5.91 Å². The van der Waals surface area contributed by atoms with E-state index in [2.05, 4.69) is 10.0 Å². The van der Waals surface area contributed by atoms with Gasteiger partial charge in [-0.15, -0.1) is 0 Å². The lowest BCUT2D eigenvalue weighted by Gasteiger charge is -2.21. The molecule has 0 unspecified atom stereocenters. The molecule has 1 rings (SSSR count). The van der Waals surface area contributed by atoms with E-state index in [0.717, 1.165) is 0 Å². The van der Waals surface area contributed by atoms with E-state index >= 15 is 0 Å². The molecular weight excluding hydrogens is 280 g/mol. The quantitative estimate of drug-likeness (QED) is 0.873. The van der Waals surface area contributed by atoms with Gasteiger partial charge in [-0.05, 0) is 46.0 Å². The average molecular weight is 300 g/mol. The number of nitrogens with one attached hydrogen (secondary N) is 2. The highest BCUT2D eigenvalue weighted by Gasteiger charge is 2.21. The molecule has 2 N–H and O–H groups in total. The topological polar surface area (TPSA) is 84.5 Å². The molecule has 112 valence electrons. The van der Waals surface area contributed by atoms with Crippen LogP contribution in [0.4, 0.5) is 0 Å². The van der Waals surface area contributed by atoms with Crippen LogP contribution in [0.3, 0.4) is 0 Å². The minimum atomic E-state index is -3.70. The molecular formula is C13H20N2O4S. The zero-order chi connectivity index (χ0) is 15.6. The van der Waals surface area contributed by atoms with Gasteiger partial charge in [0.2, 0.25) is 10.0 Å². The fraction of sp³-hybridized carbons (Fsp3) is 0.462. The highest BCUT2D eigenvalue weighted by atomic mass is 32.2. The third-order valence-electron chi connectivity index (χ3n) is 2.47. The maximum atomic E-state index is 12.1. The van der Waals surface area contributed by atoms with Crippen LogP contribution < -0.4 is 14.8 Å². The van der Waals surface area contributed by atoms with Crippen molar-refractivity contribution in [1.82, 2.24) is 10.0 Å². The Labute approximate surface area is 119 Å². The normalized spacial score (nSPS) is 12.1. The number of ether oxygens (including phenoxy) is 1. The van der Waals surface area contributed by atoms with Crippen LogP contribution in [0.15, 0.2) is 23.1 Å². The molecule has 0 saturated carbocycles. The Morgan fingerprint density at radius 1 is 1.25 bits per heavy atom. The van der Waals surface area contributed by atoms with Gasteiger partial charge >= 0.3 is 0 Å². The molecule has 0 atom stereocenters. The zero-order valence-electron chi connectivity index (χ0n) is 12.3. The van der Waals surface area contributed by atoms with Crippen molar-refractivity contribution < 1.29 is 17.9 Å². The molecule has 0 aromatic heterocycles. The molecule has 0 aliphatic heterocycles. The van der Waals surface area contributed by atoms with E-state index in [-0.39, 0.29) is 22.1 Å². The Balaban J connectivity index is 3.27. The monoisotopic (exact) mass is 300 g/mol. The van der Waals surface area contributed by atoms with Crippen LogP contribution in [0.25, 0.3) is 0 Å². The fourth-order valence-electron chi connectivity index (χ4n) is 1.55. The molecule has 1 amide bonds. The van der Waals surface area contributed by atoms with Crippen LogP contribution in [-0.2, 0) is 10.0 Å². The Morgan fingerprint density at radius 3 is 2.30 bits per heavy atom. The van der Waals surface area contributed by atoms with Crippen molar-refractivity contribution in [2.75, 3.05) is 14.2 Å². The fourth-order valence-corrected chi connectivity index (χ4v) is 2.47. The largest absolute Gasteiger partial charge is 0.495 e. The summed E-state index contributed by atoms with van der Waals surface area (Å²) in [5, 5.41) is 2.77. The third kappa shape index (κ3) is 3.94. The molecule has 0 bridgehead atoms. The van der Waals surface area contributed by atoms with Crippen LogP contribution in [0.2, 0.25) is 0 Å². The van der Waals surface area contributed by atoms with Crippen molar-refractivity contribution in [1.29, 1.82) is 0 Å². The highest BCUT2D eigenvalue weighted by Crippen LogP contribution is 2.24. The lowest BCUT2D eigenvalue weighted by Crippen LogP contribution is -2.40. The van der Waals surface area contributed by atoms with Gasteiger partial charge in [-0.1, -0.05) is 0 Å². The van der Waals surface area contributed by atoms with Gasteiger partial charge in [-0.3, -0.25) is 4.79 Å². The van der Waals surface area contributed by atoms with Crippen LogP contribution >= 0.6 is 0 Å². The first-order valence-corrected chi connectivity index (χ1v) is 7.53. The summed E-state index contributed by atoms with van der Waals surface area (Å²) in [7, 11) is -1.02. The molecule has 0 saturated heterocycles. The van der Waals surface area contributed by atoms with Crippen LogP contribution in [0, 0.1) is 0 Å². The van der Waals surface area contributed by atoms with Gasteiger partial charge in [0.1, 0.15) is 10.6 Å². The minimum Gasteiger partial charge on any atom is -0.495 e. The Kier molecular flexibility index (Phi) is 4.77. The third-order valence-corrected chi connectivity index (χ3v) is 3.91. The minimum absolute atomic E-state index is 0.0657.